The molecule has 0 saturated carbocycles. The third-order valence-electron chi connectivity index (χ3n) is 0.912. The van der Waals surface area contributed by atoms with Crippen LogP contribution in [-0.2, 0) is 7.05 Å². The van der Waals surface area contributed by atoms with Gasteiger partial charge < -0.3 is 9.68 Å². The number of rotatable bonds is 2. The van der Waals surface area contributed by atoms with Gasteiger partial charge >= 0.3 is 7.69 Å². The molecule has 0 unspecified atom stereocenters. The van der Waals surface area contributed by atoms with E-state index in [4.69, 9.17) is 9.68 Å². The molecule has 1 aromatic rings. The summed E-state index contributed by atoms with van der Waals surface area (Å²) >= 11 is 0. The molecule has 0 spiro atoms. The van der Waals surface area contributed by atoms with Gasteiger partial charge in [0.2, 0.25) is 0 Å². The Labute approximate surface area is 53.4 Å². The van der Waals surface area contributed by atoms with E-state index < -0.39 is 0 Å². The fourth-order valence-corrected chi connectivity index (χ4v) is 0.548. The summed E-state index contributed by atoms with van der Waals surface area (Å²) in [7, 11) is 1.48. The van der Waals surface area contributed by atoms with Crippen molar-refractivity contribution in [2.45, 2.75) is 0 Å². The van der Waals surface area contributed by atoms with Crippen molar-refractivity contribution in [3.63, 3.8) is 0 Å². The van der Waals surface area contributed by atoms with Gasteiger partial charge in [-0.25, -0.2) is 0 Å². The first-order valence-electron chi connectivity index (χ1n) is 2.55. The monoisotopic (exact) mass is 126 g/mol. The summed E-state index contributed by atoms with van der Waals surface area (Å²) in [5, 5.41) is 12.1. The highest BCUT2D eigenvalue weighted by atomic mass is 16.5. The fraction of sp³-hybridized carbons (Fsp3) is 0.250. The molecule has 0 fully saturated rings. The van der Waals surface area contributed by atoms with Gasteiger partial charge in [-0.3, -0.25) is 4.68 Å². The van der Waals surface area contributed by atoms with E-state index in [2.05, 4.69) is 5.10 Å². The standard InChI is InChI=1S/C4H7BN2O2/c1-7-3-4(2-6-7)9-5-8/h2-3,5,8H,1H3. The Hall–Kier alpha value is -0.965. The molecule has 1 aromatic heterocycles. The van der Waals surface area contributed by atoms with Gasteiger partial charge in [0, 0.05) is 7.05 Å². The molecule has 0 aliphatic rings. The fourth-order valence-electron chi connectivity index (χ4n) is 0.548. The highest BCUT2D eigenvalue weighted by Gasteiger charge is 1.93. The third-order valence-corrected chi connectivity index (χ3v) is 0.912. The molecule has 48 valence electrons. The Morgan fingerprint density at radius 2 is 2.67 bits per heavy atom. The lowest BCUT2D eigenvalue weighted by atomic mass is 10.4. The molecule has 9 heavy (non-hydrogen) atoms. The van der Waals surface area contributed by atoms with Crippen molar-refractivity contribution in [3.05, 3.63) is 12.4 Å². The maximum atomic E-state index is 8.27. The summed E-state index contributed by atoms with van der Waals surface area (Å²) in [6, 6.07) is 0. The molecule has 0 amide bonds. The third kappa shape index (κ3) is 1.46. The zero-order valence-electron chi connectivity index (χ0n) is 5.11. The predicted octanol–water partition coefficient (Wildman–Crippen LogP) is -0.942. The minimum atomic E-state index is -0.300. The van der Waals surface area contributed by atoms with Gasteiger partial charge in [0.1, 0.15) is 5.75 Å². The molecule has 0 radical (unpaired) electrons. The van der Waals surface area contributed by atoms with E-state index in [1.54, 1.807) is 17.9 Å². The topological polar surface area (TPSA) is 47.3 Å². The second-order valence-electron chi connectivity index (χ2n) is 1.62. The number of aryl methyl sites for hydroxylation is 1. The van der Waals surface area contributed by atoms with Gasteiger partial charge in [0.15, 0.2) is 0 Å². The average Bonchev–Trinajstić information content (AvgIpc) is 2.17. The second-order valence-corrected chi connectivity index (χ2v) is 1.62. The molecule has 0 aliphatic carbocycles. The Morgan fingerprint density at radius 3 is 3.11 bits per heavy atom. The van der Waals surface area contributed by atoms with Gasteiger partial charge in [-0.2, -0.15) is 5.10 Å². The molecule has 0 atom stereocenters. The van der Waals surface area contributed by atoms with E-state index in [0.717, 1.165) is 0 Å². The predicted molar refractivity (Wildman–Crippen MR) is 33.2 cm³/mol. The molecule has 1 rings (SSSR count). The maximum absolute atomic E-state index is 8.27. The molecule has 5 heteroatoms. The lowest BCUT2D eigenvalue weighted by Crippen LogP contribution is -1.98. The molecule has 1 N–H and O–H groups in total. The van der Waals surface area contributed by atoms with Gasteiger partial charge in [0.05, 0.1) is 12.4 Å². The molecular formula is C4H7BN2O2. The van der Waals surface area contributed by atoms with Crippen LogP contribution < -0.4 is 4.65 Å². The molecule has 0 aromatic carbocycles. The Morgan fingerprint density at radius 1 is 1.89 bits per heavy atom. The van der Waals surface area contributed by atoms with Gasteiger partial charge in [0.25, 0.3) is 0 Å². The summed E-state index contributed by atoms with van der Waals surface area (Å²) in [5.74, 6) is 0.583. The first-order chi connectivity index (χ1) is 4.33. The second kappa shape index (κ2) is 2.54. The minimum absolute atomic E-state index is 0.300. The largest absolute Gasteiger partial charge is 0.537 e. The van der Waals surface area contributed by atoms with Crippen LogP contribution in [0.1, 0.15) is 0 Å². The molecular weight excluding hydrogens is 119 g/mol. The van der Waals surface area contributed by atoms with Crippen LogP contribution in [0, 0.1) is 0 Å². The van der Waals surface area contributed by atoms with Gasteiger partial charge in [-0.15, -0.1) is 0 Å². The highest BCUT2D eigenvalue weighted by molar-refractivity contribution is 6.17. The van der Waals surface area contributed by atoms with Crippen LogP contribution in [0.2, 0.25) is 0 Å². The van der Waals surface area contributed by atoms with Gasteiger partial charge in [-0.05, 0) is 0 Å². The first kappa shape index (κ1) is 6.16. The number of aromatic nitrogens is 2. The van der Waals surface area contributed by atoms with E-state index in [1.165, 1.54) is 6.20 Å². The lowest BCUT2D eigenvalue weighted by molar-refractivity contribution is 0.453. The van der Waals surface area contributed by atoms with Crippen LogP contribution in [0.5, 0.6) is 5.75 Å². The van der Waals surface area contributed by atoms with Crippen molar-refractivity contribution < 1.29 is 9.68 Å². The Bertz CT molecular complexity index is 188. The van der Waals surface area contributed by atoms with Crippen molar-refractivity contribution in [3.8, 4) is 5.75 Å². The SMILES string of the molecule is Cn1cc(OBO)cn1. The summed E-state index contributed by atoms with van der Waals surface area (Å²) in [5.41, 5.74) is 0. The van der Waals surface area contributed by atoms with Gasteiger partial charge in [-0.1, -0.05) is 0 Å². The summed E-state index contributed by atoms with van der Waals surface area (Å²) in [6.45, 7) is 0. The summed E-state index contributed by atoms with van der Waals surface area (Å²) < 4.78 is 6.30. The van der Waals surface area contributed by atoms with E-state index in [0.29, 0.717) is 5.75 Å². The number of hydrogen-bond donors (Lipinski definition) is 1. The molecule has 4 nitrogen and oxygen atoms in total. The Kier molecular flexibility index (Phi) is 1.74. The number of hydrogen-bond acceptors (Lipinski definition) is 3. The van der Waals surface area contributed by atoms with Crippen LogP contribution in [-0.4, -0.2) is 22.5 Å². The van der Waals surface area contributed by atoms with E-state index in [-0.39, 0.29) is 7.69 Å². The van der Waals surface area contributed by atoms with Crippen LogP contribution >= 0.6 is 0 Å². The lowest BCUT2D eigenvalue weighted by Gasteiger charge is -1.91. The van der Waals surface area contributed by atoms with Crippen molar-refractivity contribution in [2.75, 3.05) is 0 Å². The van der Waals surface area contributed by atoms with E-state index in [9.17, 15) is 0 Å². The van der Waals surface area contributed by atoms with Crippen LogP contribution in [0.25, 0.3) is 0 Å². The molecule has 0 bridgehead atoms. The quantitative estimate of drug-likeness (QED) is 0.520. The first-order valence-corrected chi connectivity index (χ1v) is 2.55. The normalized spacial score (nSPS) is 9.11. The molecule has 0 saturated heterocycles. The highest BCUT2D eigenvalue weighted by Crippen LogP contribution is 2.04. The Balaban J connectivity index is 2.61. The summed E-state index contributed by atoms with van der Waals surface area (Å²) in [4.78, 5) is 0. The zero-order chi connectivity index (χ0) is 6.69. The maximum Gasteiger partial charge on any atom is 0.504 e. The van der Waals surface area contributed by atoms with Crippen LogP contribution in [0.15, 0.2) is 12.4 Å². The van der Waals surface area contributed by atoms with Crippen molar-refractivity contribution in [1.29, 1.82) is 0 Å². The van der Waals surface area contributed by atoms with Crippen LogP contribution in [0.3, 0.4) is 0 Å². The van der Waals surface area contributed by atoms with Crippen molar-refractivity contribution >= 4 is 7.69 Å². The smallest absolute Gasteiger partial charge is 0.504 e. The van der Waals surface area contributed by atoms with Crippen molar-refractivity contribution in [2.24, 2.45) is 7.05 Å². The minimum Gasteiger partial charge on any atom is -0.537 e. The molecule has 1 heterocycles. The average molecular weight is 126 g/mol. The van der Waals surface area contributed by atoms with E-state index in [1.807, 2.05) is 0 Å². The molecule has 0 aliphatic heterocycles. The van der Waals surface area contributed by atoms with Crippen molar-refractivity contribution in [1.82, 2.24) is 9.78 Å². The van der Waals surface area contributed by atoms with E-state index >= 15 is 0 Å². The zero-order valence-corrected chi connectivity index (χ0v) is 5.11. The summed E-state index contributed by atoms with van der Waals surface area (Å²) in [6.07, 6.45) is 3.21. The van der Waals surface area contributed by atoms with Crippen LogP contribution in [0.4, 0.5) is 0 Å². The number of nitrogens with zero attached hydrogens (tertiary/aromatic N) is 2.